The Labute approximate surface area is 691 Å². The third-order valence-electron chi connectivity index (χ3n) is 20.1. The van der Waals surface area contributed by atoms with Gasteiger partial charge in [-0.2, -0.15) is 0 Å². The third kappa shape index (κ3) is 63.7. The van der Waals surface area contributed by atoms with Crippen molar-refractivity contribution in [3.8, 4) is 0 Å². The normalized spacial score (nSPS) is 21.9. The molecule has 104 heavy (non-hydrogen) atoms. The van der Waals surface area contributed by atoms with Gasteiger partial charge in [0.2, 0.25) is 0 Å². The molecule has 6 unspecified atom stereocenters. The van der Waals surface area contributed by atoms with E-state index in [0.29, 0.717) is 23.3 Å². The van der Waals surface area contributed by atoms with Crippen molar-refractivity contribution in [3.63, 3.8) is 0 Å². The minimum atomic E-state index is -0.892. The summed E-state index contributed by atoms with van der Waals surface area (Å²) >= 11 is 6.58. The van der Waals surface area contributed by atoms with Crippen LogP contribution in [0.2, 0.25) is 0 Å². The molecular formula is C78H173Br3N15NaO7. The number of nitrogens with one attached hydrogen (secondary N) is 3. The first-order chi connectivity index (χ1) is 48.3. The zero-order valence-corrected chi connectivity index (χ0v) is 78.4. The second kappa shape index (κ2) is 75.8. The Morgan fingerprint density at radius 2 is 0.808 bits per heavy atom. The number of hydrogen-bond acceptors (Lipinski definition) is 20. The molecule has 0 saturated carbocycles. The molecule has 0 amide bonds. The second-order valence-corrected chi connectivity index (χ2v) is 32.9. The van der Waals surface area contributed by atoms with Gasteiger partial charge in [-0.3, -0.25) is 34.1 Å². The minimum Gasteiger partial charge on any atom is -0.480 e. The standard InChI is InChI=1S/C19H41N3.C18H40N4.C13H29N3.C7H13BrO2.C7H15Br.C7H15NO2.C6H15N3.CH4O.BrH.HNO2.Na/c1-7-11-12-13-18(5)21-15-14-20(8-2)16-19(6,17-21)22(9-3)10-4;1-6-20-13-14-21(17(4)11-9-10-12-19)16-18(5,15-20)22(7-2)8-3;1-4-5-6-7-12(2)16-9-8-15-10-13(3,14)11-16;1-2-3-4-5-6(8)7(9)10;1-3-4-5-6-7(2)8;1-2-3-4-5-6(8)7(9)10;1-6(7)4-8-2-3-9-5-6;1-2;;2-1-3;/h18H,7-17H2,1-6H3;17H,6-16,19H2,1-5H3;12,15H,4-11,14H2,1-3H3;6H,2-5H2,1H3,(H,9,10);7H,3-6H2,1-2H3;6H,2-5,8H2,1H3,(H,9,10);8-9H,2-5,7H2,1H3;2H,1H3;1H;(H,2,3);/q;;;;;;;;;;+1/p-1/t;;;6-;7-;6-;;;;;/m...010...../s1. The summed E-state index contributed by atoms with van der Waals surface area (Å²) in [5.41, 5.74) is 23.4. The average molecular weight is 1700 g/mol. The largest absolute Gasteiger partial charge is 1.00 e. The van der Waals surface area contributed by atoms with E-state index in [9.17, 15) is 9.59 Å². The minimum absolute atomic E-state index is 0. The fourth-order valence-electron chi connectivity index (χ4n) is 13.6. The molecule has 14 N–H and O–H groups in total. The van der Waals surface area contributed by atoms with Crippen molar-refractivity contribution < 1.29 is 54.5 Å². The summed E-state index contributed by atoms with van der Waals surface area (Å²) in [4.78, 5) is 47.4. The fourth-order valence-corrected chi connectivity index (χ4v) is 14.3. The number of aliphatic hydroxyl groups excluding tert-OH is 1. The van der Waals surface area contributed by atoms with Gasteiger partial charge in [0.1, 0.15) is 10.9 Å². The van der Waals surface area contributed by atoms with Gasteiger partial charge in [-0.15, -0.1) is 22.3 Å². The Morgan fingerprint density at radius 1 is 0.490 bits per heavy atom. The van der Waals surface area contributed by atoms with E-state index in [2.05, 4.69) is 214 Å². The molecule has 4 aliphatic heterocycles. The molecule has 0 spiro atoms. The molecule has 0 aromatic heterocycles. The van der Waals surface area contributed by atoms with E-state index in [1.807, 2.05) is 0 Å². The number of aliphatic hydroxyl groups is 1. The van der Waals surface area contributed by atoms with Crippen LogP contribution < -0.4 is 68.4 Å². The van der Waals surface area contributed by atoms with Crippen LogP contribution >= 0.6 is 48.8 Å². The number of halogens is 3. The van der Waals surface area contributed by atoms with Gasteiger partial charge in [0.05, 0.1) is 0 Å². The Morgan fingerprint density at radius 3 is 1.12 bits per heavy atom. The van der Waals surface area contributed by atoms with E-state index in [-0.39, 0.29) is 73.5 Å². The van der Waals surface area contributed by atoms with E-state index in [1.54, 1.807) is 0 Å². The number of nitrogens with zero attached hydrogens (tertiary/aromatic N) is 8. The molecule has 4 fully saturated rings. The van der Waals surface area contributed by atoms with Crippen LogP contribution in [-0.4, -0.2) is 275 Å². The SMILES string of the molecule is Br.CC1(N)CNCCNC1.CCCCCC(C)N1CCN(CC)CC(C)(N(CC)CC)C1.CCCCCC(C)N1CCNCC(C)(N)C1.CCCCC[C@@H](C)Br.CCCCC[C@H](Br)C(=O)O.CCCCC[C@H](N)C(=O)O.CCN1CCN(C(C)CCCCN)CC(C)(N(CC)CC)C1.CO.O=N[O-].[Na+]. The summed E-state index contributed by atoms with van der Waals surface area (Å²) in [6, 6.07) is 1.40. The van der Waals surface area contributed by atoms with Crippen molar-refractivity contribution in [1.82, 2.24) is 50.2 Å². The predicted molar refractivity (Wildman–Crippen MR) is 459 cm³/mol. The number of unbranched alkanes of at least 4 members (excludes halogenated alkanes) is 11. The van der Waals surface area contributed by atoms with Crippen LogP contribution in [-0.2, 0) is 9.59 Å². The Balaban J connectivity index is -0.000000215. The number of alkyl halides is 2. The van der Waals surface area contributed by atoms with Crippen molar-refractivity contribution >= 4 is 60.8 Å². The van der Waals surface area contributed by atoms with E-state index >= 15 is 0 Å². The molecule has 22 nitrogen and oxygen atoms in total. The fraction of sp³-hybridized carbons (Fsp3) is 0.974. The third-order valence-corrected chi connectivity index (χ3v) is 21.5. The maximum Gasteiger partial charge on any atom is 1.00 e. The van der Waals surface area contributed by atoms with Crippen molar-refractivity contribution in [2.75, 3.05) is 158 Å². The van der Waals surface area contributed by atoms with Gasteiger partial charge in [-0.1, -0.05) is 218 Å². The monoisotopic (exact) mass is 1690 g/mol. The molecule has 0 aliphatic carbocycles. The van der Waals surface area contributed by atoms with Gasteiger partial charge >= 0.3 is 41.5 Å². The number of carbonyl (C=O) groups is 2. The van der Waals surface area contributed by atoms with Gasteiger partial charge in [-0.25, -0.2) is 0 Å². The number of nitrogens with two attached hydrogens (primary N) is 4. The van der Waals surface area contributed by atoms with Crippen LogP contribution in [0.4, 0.5) is 0 Å². The molecule has 4 heterocycles. The summed E-state index contributed by atoms with van der Waals surface area (Å²) in [7, 11) is 1.00. The number of hydrogen-bond donors (Lipinski definition) is 10. The summed E-state index contributed by atoms with van der Waals surface area (Å²) in [6.45, 7) is 68.8. The van der Waals surface area contributed by atoms with E-state index in [0.717, 1.165) is 161 Å². The molecule has 9 atom stereocenters. The van der Waals surface area contributed by atoms with Crippen molar-refractivity contribution in [1.29, 1.82) is 0 Å². The Kier molecular flexibility index (Phi) is 85.6. The molecule has 0 aromatic carbocycles. The molecule has 4 aliphatic rings. The maximum absolute atomic E-state index is 10.2. The van der Waals surface area contributed by atoms with Crippen LogP contribution in [0.3, 0.4) is 0 Å². The van der Waals surface area contributed by atoms with Crippen molar-refractivity contribution in [2.24, 2.45) is 28.3 Å². The Hall–Kier alpha value is 0.180. The van der Waals surface area contributed by atoms with Gasteiger partial charge in [0.25, 0.3) is 0 Å². The molecular weight excluding hydrogens is 1520 g/mol. The zero-order valence-electron chi connectivity index (χ0n) is 71.5. The van der Waals surface area contributed by atoms with Crippen LogP contribution in [0.15, 0.2) is 5.34 Å². The van der Waals surface area contributed by atoms with Crippen LogP contribution in [0.25, 0.3) is 0 Å². The zero-order chi connectivity index (χ0) is 79.0. The molecule has 0 radical (unpaired) electrons. The van der Waals surface area contributed by atoms with E-state index in [1.165, 1.54) is 149 Å². The van der Waals surface area contributed by atoms with Gasteiger partial charge in [0, 0.05) is 157 Å². The number of carboxylic acids is 2. The van der Waals surface area contributed by atoms with Gasteiger partial charge in [0.15, 0.2) is 0 Å². The van der Waals surface area contributed by atoms with Gasteiger partial charge in [-0.05, 0) is 139 Å². The van der Waals surface area contributed by atoms with Crippen LogP contribution in [0, 0.1) is 10.1 Å². The molecule has 4 saturated heterocycles. The first kappa shape index (κ1) is 117. The smallest absolute Gasteiger partial charge is 0.480 e. The predicted octanol–water partition coefficient (Wildman–Crippen LogP) is 10.6. The number of rotatable bonds is 37. The van der Waals surface area contributed by atoms with E-state index < -0.39 is 18.0 Å². The van der Waals surface area contributed by atoms with Crippen molar-refractivity contribution in [2.45, 2.75) is 335 Å². The first-order valence-corrected chi connectivity index (χ1v) is 42.6. The van der Waals surface area contributed by atoms with E-state index in [4.69, 9.17) is 48.4 Å². The molecule has 0 bridgehead atoms. The maximum atomic E-state index is 10.2. The molecule has 26 heteroatoms. The van der Waals surface area contributed by atoms with Crippen LogP contribution in [0.1, 0.15) is 279 Å². The summed E-state index contributed by atoms with van der Waals surface area (Å²) < 4.78 is 0. The Bertz CT molecular complexity index is 1780. The topological polar surface area (TPSA) is 310 Å². The quantitative estimate of drug-likeness (QED) is 0.00909. The van der Waals surface area contributed by atoms with Crippen LogP contribution in [0.5, 0.6) is 0 Å². The second-order valence-electron chi connectivity index (χ2n) is 30.2. The number of aliphatic carboxylic acids is 2. The van der Waals surface area contributed by atoms with Gasteiger partial charge < -0.3 is 74.1 Å². The number of carboxylic acid groups (broad SMARTS) is 2. The molecule has 4 rings (SSSR count). The molecule has 624 valence electrons. The molecule has 0 aromatic rings. The number of likely N-dealkylation sites (N-methyl/N-ethyl adjacent to an activating group) is 4. The summed E-state index contributed by atoms with van der Waals surface area (Å²) in [5, 5.41) is 42.7. The first-order valence-electron chi connectivity index (χ1n) is 40.8. The summed E-state index contributed by atoms with van der Waals surface area (Å²) in [6.07, 6.45) is 27.6. The average Bonchev–Trinajstić information content (AvgIpc) is 1.58. The summed E-state index contributed by atoms with van der Waals surface area (Å²) in [5.74, 6) is -1.65. The van der Waals surface area contributed by atoms with Crippen molar-refractivity contribution in [3.05, 3.63) is 10.1 Å².